The third kappa shape index (κ3) is 6.95. The number of ketones is 1. The molecule has 0 spiro atoms. The molecule has 0 saturated carbocycles. The Balaban J connectivity index is 1.46. The number of thioether (sulfide) groups is 1. The zero-order chi connectivity index (χ0) is 25.3. The number of rotatable bonds is 9. The summed E-state index contributed by atoms with van der Waals surface area (Å²) in [6.07, 6.45) is 1.63. The Bertz CT molecular complexity index is 1400. The molecule has 4 aromatic rings. The third-order valence-electron chi connectivity index (χ3n) is 5.02. The lowest BCUT2D eigenvalue weighted by Gasteiger charge is -2.12. The molecule has 1 heterocycles. The van der Waals surface area contributed by atoms with Gasteiger partial charge in [-0.2, -0.15) is 11.3 Å². The minimum absolute atomic E-state index is 0.0790. The maximum absolute atomic E-state index is 13.1. The normalized spacial score (nSPS) is 11.1. The van der Waals surface area contributed by atoms with Gasteiger partial charge in [-0.3, -0.25) is 14.4 Å². The van der Waals surface area contributed by atoms with Crippen molar-refractivity contribution in [3.05, 3.63) is 123 Å². The van der Waals surface area contributed by atoms with Crippen LogP contribution in [0.4, 0.5) is 5.69 Å². The highest BCUT2D eigenvalue weighted by Crippen LogP contribution is 2.25. The molecule has 2 N–H and O–H groups in total. The standard InChI is InChI=1S/C28H21ClN2O3S2/c29-24-12-5-4-11-23(24)26(32)18-36-22-10-6-9-21(16-22)30-28(34)25(15-19-13-14-35-17-19)31-27(33)20-7-2-1-3-8-20/h1-17H,18H2,(H,30,34)(H,31,33)/b25-15-. The maximum Gasteiger partial charge on any atom is 0.272 e. The molecule has 0 bridgehead atoms. The van der Waals surface area contributed by atoms with Gasteiger partial charge in [-0.15, -0.1) is 11.8 Å². The number of nitrogens with one attached hydrogen (secondary N) is 2. The van der Waals surface area contributed by atoms with Gasteiger partial charge in [-0.05, 0) is 70.9 Å². The van der Waals surface area contributed by atoms with Gasteiger partial charge in [-0.1, -0.05) is 48.0 Å². The molecule has 0 unspecified atom stereocenters. The summed E-state index contributed by atoms with van der Waals surface area (Å²) >= 11 is 8.97. The van der Waals surface area contributed by atoms with E-state index in [0.717, 1.165) is 10.5 Å². The first-order valence-electron chi connectivity index (χ1n) is 10.9. The van der Waals surface area contributed by atoms with Crippen molar-refractivity contribution in [3.8, 4) is 0 Å². The van der Waals surface area contributed by atoms with Crippen molar-refractivity contribution in [1.82, 2.24) is 5.32 Å². The van der Waals surface area contributed by atoms with Gasteiger partial charge in [0.05, 0.1) is 10.8 Å². The lowest BCUT2D eigenvalue weighted by molar-refractivity contribution is -0.113. The van der Waals surface area contributed by atoms with Crippen molar-refractivity contribution in [2.45, 2.75) is 4.90 Å². The molecule has 180 valence electrons. The molecule has 1 aromatic heterocycles. The van der Waals surface area contributed by atoms with E-state index in [0.29, 0.717) is 21.8 Å². The topological polar surface area (TPSA) is 75.3 Å². The van der Waals surface area contributed by atoms with Crippen molar-refractivity contribution in [2.75, 3.05) is 11.1 Å². The molecule has 0 atom stereocenters. The maximum atomic E-state index is 13.1. The van der Waals surface area contributed by atoms with Crippen molar-refractivity contribution in [3.63, 3.8) is 0 Å². The van der Waals surface area contributed by atoms with Gasteiger partial charge in [0, 0.05) is 21.7 Å². The summed E-state index contributed by atoms with van der Waals surface area (Å²) in [5, 5.41) is 9.77. The first-order valence-corrected chi connectivity index (χ1v) is 13.2. The summed E-state index contributed by atoms with van der Waals surface area (Å²) in [4.78, 5) is 39.2. The van der Waals surface area contributed by atoms with Crippen LogP contribution in [0.2, 0.25) is 5.02 Å². The molecule has 36 heavy (non-hydrogen) atoms. The molecular formula is C28H21ClN2O3S2. The zero-order valence-corrected chi connectivity index (χ0v) is 21.3. The number of thiophene rings is 1. The molecule has 4 rings (SSSR count). The summed E-state index contributed by atoms with van der Waals surface area (Å²) in [5.41, 5.74) is 2.40. The highest BCUT2D eigenvalue weighted by molar-refractivity contribution is 8.00. The van der Waals surface area contributed by atoms with Crippen LogP contribution in [-0.2, 0) is 4.79 Å². The van der Waals surface area contributed by atoms with Gasteiger partial charge in [-0.25, -0.2) is 0 Å². The van der Waals surface area contributed by atoms with Gasteiger partial charge in [0.25, 0.3) is 11.8 Å². The van der Waals surface area contributed by atoms with Gasteiger partial charge in [0.1, 0.15) is 5.70 Å². The minimum atomic E-state index is -0.459. The van der Waals surface area contributed by atoms with E-state index in [9.17, 15) is 14.4 Å². The Kier molecular flexibility index (Phi) is 8.73. The third-order valence-corrected chi connectivity index (χ3v) is 7.04. The Morgan fingerprint density at radius 2 is 1.69 bits per heavy atom. The fourth-order valence-electron chi connectivity index (χ4n) is 3.24. The van der Waals surface area contributed by atoms with Gasteiger partial charge >= 0.3 is 0 Å². The van der Waals surface area contributed by atoms with Crippen LogP contribution in [0.3, 0.4) is 0 Å². The summed E-state index contributed by atoms with van der Waals surface area (Å²) in [6, 6.07) is 24.7. The number of Topliss-reactive ketones (excluding diaryl/α,β-unsaturated/α-hetero) is 1. The van der Waals surface area contributed by atoms with E-state index in [1.54, 1.807) is 72.8 Å². The van der Waals surface area contributed by atoms with E-state index >= 15 is 0 Å². The van der Waals surface area contributed by atoms with Crippen LogP contribution in [0.5, 0.6) is 0 Å². The highest BCUT2D eigenvalue weighted by atomic mass is 35.5. The van der Waals surface area contributed by atoms with E-state index in [1.165, 1.54) is 23.1 Å². The summed E-state index contributed by atoms with van der Waals surface area (Å²) in [7, 11) is 0. The van der Waals surface area contributed by atoms with E-state index in [2.05, 4.69) is 10.6 Å². The lowest BCUT2D eigenvalue weighted by Crippen LogP contribution is -2.30. The number of benzene rings is 3. The molecule has 3 aromatic carbocycles. The fourth-order valence-corrected chi connectivity index (χ4v) is 4.94. The quantitative estimate of drug-likeness (QED) is 0.141. The minimum Gasteiger partial charge on any atom is -0.321 e. The molecule has 0 fully saturated rings. The van der Waals surface area contributed by atoms with Crippen LogP contribution in [0.25, 0.3) is 6.08 Å². The fraction of sp³-hybridized carbons (Fsp3) is 0.0357. The molecule has 0 saturated heterocycles. The summed E-state index contributed by atoms with van der Waals surface area (Å²) in [5.74, 6) is -0.712. The Morgan fingerprint density at radius 1 is 0.917 bits per heavy atom. The van der Waals surface area contributed by atoms with Crippen molar-refractivity contribution < 1.29 is 14.4 Å². The van der Waals surface area contributed by atoms with E-state index < -0.39 is 5.91 Å². The predicted molar refractivity (Wildman–Crippen MR) is 148 cm³/mol. The first-order chi connectivity index (χ1) is 17.5. The monoisotopic (exact) mass is 532 g/mol. The molecule has 0 aliphatic rings. The molecule has 5 nitrogen and oxygen atoms in total. The Morgan fingerprint density at radius 3 is 2.44 bits per heavy atom. The average molecular weight is 533 g/mol. The van der Waals surface area contributed by atoms with Crippen LogP contribution in [0.15, 0.2) is 106 Å². The second-order valence-corrected chi connectivity index (χ2v) is 9.84. The van der Waals surface area contributed by atoms with E-state index in [1.807, 2.05) is 29.0 Å². The molecule has 0 radical (unpaired) electrons. The number of hydrogen-bond acceptors (Lipinski definition) is 5. The highest BCUT2D eigenvalue weighted by Gasteiger charge is 2.16. The predicted octanol–water partition coefficient (Wildman–Crippen LogP) is 6.79. The molecule has 8 heteroatoms. The number of amides is 2. The Labute approximate surface area is 222 Å². The molecule has 0 aliphatic heterocycles. The lowest BCUT2D eigenvalue weighted by atomic mass is 10.1. The number of carbonyl (C=O) groups excluding carboxylic acids is 3. The van der Waals surface area contributed by atoms with Crippen LogP contribution in [-0.4, -0.2) is 23.4 Å². The second-order valence-electron chi connectivity index (χ2n) is 7.61. The van der Waals surface area contributed by atoms with Crippen LogP contribution in [0, 0.1) is 0 Å². The van der Waals surface area contributed by atoms with Crippen molar-refractivity contribution in [2.24, 2.45) is 0 Å². The second kappa shape index (κ2) is 12.4. The zero-order valence-electron chi connectivity index (χ0n) is 18.9. The SMILES string of the molecule is O=C(Nc1cccc(SCC(=O)c2ccccc2Cl)c1)/C(=C/c1ccsc1)NC(=O)c1ccccc1. The van der Waals surface area contributed by atoms with Gasteiger partial charge in [0.15, 0.2) is 5.78 Å². The van der Waals surface area contributed by atoms with Crippen molar-refractivity contribution in [1.29, 1.82) is 0 Å². The number of hydrogen-bond donors (Lipinski definition) is 2. The number of halogens is 1. The Hall–Kier alpha value is -3.65. The number of carbonyl (C=O) groups is 3. The molecule has 2 amide bonds. The molecular weight excluding hydrogens is 512 g/mol. The summed E-state index contributed by atoms with van der Waals surface area (Å²) in [6.45, 7) is 0. The van der Waals surface area contributed by atoms with E-state index in [4.69, 9.17) is 11.6 Å². The summed E-state index contributed by atoms with van der Waals surface area (Å²) < 4.78 is 0. The molecule has 0 aliphatic carbocycles. The number of anilines is 1. The first kappa shape index (κ1) is 25.4. The van der Waals surface area contributed by atoms with E-state index in [-0.39, 0.29) is 23.1 Å². The van der Waals surface area contributed by atoms with Crippen LogP contribution >= 0.6 is 34.7 Å². The van der Waals surface area contributed by atoms with Crippen molar-refractivity contribution >= 4 is 64.1 Å². The van der Waals surface area contributed by atoms with Gasteiger partial charge in [0.2, 0.25) is 0 Å². The smallest absolute Gasteiger partial charge is 0.272 e. The van der Waals surface area contributed by atoms with Crippen LogP contribution < -0.4 is 10.6 Å². The average Bonchev–Trinajstić information content (AvgIpc) is 3.41. The van der Waals surface area contributed by atoms with Gasteiger partial charge < -0.3 is 10.6 Å². The van der Waals surface area contributed by atoms with Crippen LogP contribution in [0.1, 0.15) is 26.3 Å². The largest absolute Gasteiger partial charge is 0.321 e.